The Morgan fingerprint density at radius 2 is 1.38 bits per heavy atom. The van der Waals surface area contributed by atoms with Crippen LogP contribution in [-0.4, -0.2) is 15.9 Å². The Hall–Kier alpha value is -4.59. The van der Waals surface area contributed by atoms with E-state index in [1.165, 1.54) is 6.33 Å². The Labute approximate surface area is 186 Å². The van der Waals surface area contributed by atoms with Crippen molar-refractivity contribution in [2.75, 3.05) is 21.6 Å². The number of rotatable bonds is 7. The molecule has 4 aromatic rings. The zero-order valence-corrected chi connectivity index (χ0v) is 17.5. The average molecular weight is 425 g/mol. The first-order valence-corrected chi connectivity index (χ1v) is 10.0. The predicted molar refractivity (Wildman–Crippen MR) is 127 cm³/mol. The van der Waals surface area contributed by atoms with Gasteiger partial charge in [0.25, 0.3) is 5.91 Å². The molecule has 3 aromatic carbocycles. The predicted octanol–water partition coefficient (Wildman–Crippen LogP) is 4.29. The van der Waals surface area contributed by atoms with Gasteiger partial charge in [0.15, 0.2) is 11.6 Å². The van der Waals surface area contributed by atoms with Gasteiger partial charge in [-0.15, -0.1) is 0 Å². The van der Waals surface area contributed by atoms with E-state index >= 15 is 0 Å². The molecule has 1 amide bonds. The molecule has 0 aliphatic heterocycles. The number of nitrogen functional groups attached to an aromatic ring is 1. The summed E-state index contributed by atoms with van der Waals surface area (Å²) in [5.74, 6) is 0.386. The van der Waals surface area contributed by atoms with Crippen molar-refractivity contribution in [2.45, 2.75) is 6.92 Å². The molecule has 0 saturated heterocycles. The molecule has 0 fully saturated rings. The zero-order valence-electron chi connectivity index (χ0n) is 17.5. The quantitative estimate of drug-likeness (QED) is 0.327. The SMILES string of the molecule is Cc1ccccc1C(=O)NNc1ncnc(NN(c2ccccc2)c2ccccc2)c1N. The van der Waals surface area contributed by atoms with Gasteiger partial charge < -0.3 is 5.73 Å². The lowest BCUT2D eigenvalue weighted by atomic mass is 10.1. The third-order valence-corrected chi connectivity index (χ3v) is 4.81. The number of amides is 1. The van der Waals surface area contributed by atoms with Crippen molar-refractivity contribution in [1.29, 1.82) is 0 Å². The van der Waals surface area contributed by atoms with Crippen LogP contribution in [0.15, 0.2) is 91.3 Å². The van der Waals surface area contributed by atoms with Crippen LogP contribution < -0.4 is 27.0 Å². The van der Waals surface area contributed by atoms with Gasteiger partial charge in [0.05, 0.1) is 11.4 Å². The Morgan fingerprint density at radius 1 is 0.812 bits per heavy atom. The van der Waals surface area contributed by atoms with Crippen LogP contribution in [0, 0.1) is 6.92 Å². The number of nitrogens with two attached hydrogens (primary N) is 1. The van der Waals surface area contributed by atoms with Crippen LogP contribution in [0.25, 0.3) is 0 Å². The summed E-state index contributed by atoms with van der Waals surface area (Å²) < 4.78 is 0. The lowest BCUT2D eigenvalue weighted by molar-refractivity contribution is 0.0962. The number of anilines is 5. The van der Waals surface area contributed by atoms with E-state index in [1.807, 2.05) is 90.8 Å². The highest BCUT2D eigenvalue weighted by atomic mass is 16.2. The van der Waals surface area contributed by atoms with Crippen LogP contribution in [0.2, 0.25) is 0 Å². The van der Waals surface area contributed by atoms with Gasteiger partial charge in [-0.2, -0.15) is 0 Å². The number of carbonyl (C=O) groups is 1. The number of hydrazine groups is 2. The molecule has 8 nitrogen and oxygen atoms in total. The molecule has 0 aliphatic rings. The Balaban J connectivity index is 1.56. The third-order valence-electron chi connectivity index (χ3n) is 4.81. The lowest BCUT2D eigenvalue weighted by Crippen LogP contribution is -2.31. The average Bonchev–Trinajstić information content (AvgIpc) is 2.84. The van der Waals surface area contributed by atoms with Gasteiger partial charge in [-0.1, -0.05) is 54.6 Å². The molecule has 0 radical (unpaired) electrons. The number of hydrogen-bond acceptors (Lipinski definition) is 7. The lowest BCUT2D eigenvalue weighted by Gasteiger charge is -2.26. The monoisotopic (exact) mass is 425 g/mol. The van der Waals surface area contributed by atoms with Crippen molar-refractivity contribution in [3.8, 4) is 0 Å². The molecular formula is C24H23N7O. The highest BCUT2D eigenvalue weighted by Gasteiger charge is 2.15. The van der Waals surface area contributed by atoms with E-state index in [2.05, 4.69) is 26.2 Å². The number of aryl methyl sites for hydroxylation is 1. The summed E-state index contributed by atoms with van der Waals surface area (Å²) in [5, 5.41) is 1.87. The van der Waals surface area contributed by atoms with Crippen LogP contribution in [0.5, 0.6) is 0 Å². The van der Waals surface area contributed by atoms with E-state index in [9.17, 15) is 4.79 Å². The van der Waals surface area contributed by atoms with Crippen LogP contribution in [0.4, 0.5) is 28.7 Å². The molecular weight excluding hydrogens is 402 g/mol. The molecule has 0 bridgehead atoms. The van der Waals surface area contributed by atoms with Crippen molar-refractivity contribution in [1.82, 2.24) is 15.4 Å². The number of nitrogens with one attached hydrogen (secondary N) is 3. The van der Waals surface area contributed by atoms with Crippen molar-refractivity contribution in [3.63, 3.8) is 0 Å². The van der Waals surface area contributed by atoms with Crippen LogP contribution in [0.1, 0.15) is 15.9 Å². The number of nitrogens with zero attached hydrogens (tertiary/aromatic N) is 3. The first-order chi connectivity index (χ1) is 15.6. The van der Waals surface area contributed by atoms with Gasteiger partial charge in [0.1, 0.15) is 12.0 Å². The smallest absolute Gasteiger partial charge is 0.269 e. The number of hydrogen-bond donors (Lipinski definition) is 4. The molecule has 0 saturated carbocycles. The van der Waals surface area contributed by atoms with Crippen molar-refractivity contribution in [2.24, 2.45) is 0 Å². The Kier molecular flexibility index (Phi) is 6.12. The molecule has 0 spiro atoms. The van der Waals surface area contributed by atoms with E-state index < -0.39 is 0 Å². The van der Waals surface area contributed by atoms with Crippen LogP contribution in [0.3, 0.4) is 0 Å². The summed E-state index contributed by atoms with van der Waals surface area (Å²) in [6.07, 6.45) is 1.37. The summed E-state index contributed by atoms with van der Waals surface area (Å²) >= 11 is 0. The first kappa shape index (κ1) is 20.7. The fourth-order valence-electron chi connectivity index (χ4n) is 3.13. The molecule has 160 valence electrons. The minimum Gasteiger partial charge on any atom is -0.393 e. The van der Waals surface area contributed by atoms with Gasteiger partial charge in [-0.3, -0.25) is 26.1 Å². The Morgan fingerprint density at radius 3 is 2.00 bits per heavy atom. The second kappa shape index (κ2) is 9.48. The molecule has 32 heavy (non-hydrogen) atoms. The van der Waals surface area contributed by atoms with Crippen LogP contribution in [-0.2, 0) is 0 Å². The second-order valence-corrected chi connectivity index (χ2v) is 7.00. The molecule has 5 N–H and O–H groups in total. The summed E-state index contributed by atoms with van der Waals surface area (Å²) in [6, 6.07) is 26.9. The fraction of sp³-hybridized carbons (Fsp3) is 0.0417. The van der Waals surface area contributed by atoms with Crippen molar-refractivity contribution in [3.05, 3.63) is 102 Å². The minimum atomic E-state index is -0.286. The number of benzene rings is 3. The maximum atomic E-state index is 12.5. The largest absolute Gasteiger partial charge is 0.393 e. The first-order valence-electron chi connectivity index (χ1n) is 10.0. The molecule has 1 heterocycles. The number of para-hydroxylation sites is 2. The summed E-state index contributed by atoms with van der Waals surface area (Å²) in [4.78, 5) is 20.9. The molecule has 8 heteroatoms. The van der Waals surface area contributed by atoms with E-state index in [0.29, 0.717) is 11.4 Å². The molecule has 1 aromatic heterocycles. The number of aromatic nitrogens is 2. The standard InChI is InChI=1S/C24H23N7O/c1-17-10-8-9-15-20(17)24(32)29-28-22-21(25)23(27-16-26-22)30-31(18-11-4-2-5-12-18)19-13-6-3-7-14-19/h2-16H,25H2,1H3,(H,29,32)(H2,26,27,28,30). The fourth-order valence-corrected chi connectivity index (χ4v) is 3.13. The molecule has 0 atom stereocenters. The van der Waals surface area contributed by atoms with Crippen molar-refractivity contribution < 1.29 is 4.79 Å². The summed E-state index contributed by atoms with van der Waals surface area (Å²) in [5.41, 5.74) is 18.5. The van der Waals surface area contributed by atoms with E-state index in [0.717, 1.165) is 16.9 Å². The highest BCUT2D eigenvalue weighted by Crippen LogP contribution is 2.29. The van der Waals surface area contributed by atoms with E-state index in [4.69, 9.17) is 5.73 Å². The summed E-state index contributed by atoms with van der Waals surface area (Å²) in [7, 11) is 0. The van der Waals surface area contributed by atoms with Crippen LogP contribution >= 0.6 is 0 Å². The van der Waals surface area contributed by atoms with Gasteiger partial charge in [0.2, 0.25) is 0 Å². The normalized spacial score (nSPS) is 10.3. The maximum absolute atomic E-state index is 12.5. The zero-order chi connectivity index (χ0) is 22.3. The van der Waals surface area contributed by atoms with Crippen molar-refractivity contribution >= 4 is 34.6 Å². The minimum absolute atomic E-state index is 0.259. The summed E-state index contributed by atoms with van der Waals surface area (Å²) in [6.45, 7) is 1.87. The Bertz CT molecular complexity index is 1160. The van der Waals surface area contributed by atoms with Gasteiger partial charge in [0, 0.05) is 5.56 Å². The van der Waals surface area contributed by atoms with E-state index in [-0.39, 0.29) is 17.4 Å². The molecule has 0 unspecified atom stereocenters. The van der Waals surface area contributed by atoms with E-state index in [1.54, 1.807) is 6.07 Å². The maximum Gasteiger partial charge on any atom is 0.269 e. The topological polar surface area (TPSA) is 108 Å². The molecule has 4 rings (SSSR count). The van der Waals surface area contributed by atoms with Gasteiger partial charge in [-0.05, 0) is 42.8 Å². The van der Waals surface area contributed by atoms with Gasteiger partial charge >= 0.3 is 0 Å². The van der Waals surface area contributed by atoms with Gasteiger partial charge in [-0.25, -0.2) is 9.97 Å². The third kappa shape index (κ3) is 4.59. The number of carbonyl (C=O) groups excluding carboxylic acids is 1. The highest BCUT2D eigenvalue weighted by molar-refractivity contribution is 5.96. The molecule has 0 aliphatic carbocycles. The second-order valence-electron chi connectivity index (χ2n) is 7.00.